The molecule has 6 heavy (non-hydrogen) atoms. The van der Waals surface area contributed by atoms with E-state index in [9.17, 15) is 0 Å². The third-order valence-corrected chi connectivity index (χ3v) is 0. The van der Waals surface area contributed by atoms with Crippen molar-refractivity contribution < 1.29 is 34.0 Å². The fourth-order valence-electron chi connectivity index (χ4n) is 0. The van der Waals surface area contributed by atoms with E-state index in [1.807, 2.05) is 0 Å². The topological polar surface area (TPSA) is 57.5 Å². The van der Waals surface area contributed by atoms with Gasteiger partial charge in [0.25, 0.3) is 0 Å². The molecular formula is H4MgMnO3Si. The zero-order valence-corrected chi connectivity index (χ0v) is 6.48. The molecule has 0 aliphatic rings. The van der Waals surface area contributed by atoms with E-state index in [-0.39, 0.29) is 43.0 Å². The molecule has 0 amide bonds. The van der Waals surface area contributed by atoms with Gasteiger partial charge in [-0.25, -0.2) is 0 Å². The molecule has 0 atom stereocenters. The molecule has 0 saturated heterocycles. The standard InChI is InChI=1S/Mg.Mn.H2O3Si.2H/c;;1-4(2)3;;/h;;1-2H;;/q+2;;;2*-1. The molecule has 0 aliphatic carbocycles. The maximum absolute atomic E-state index is 8.74. The molecule has 0 rings (SSSR count). The van der Waals surface area contributed by atoms with Crippen molar-refractivity contribution in [3.63, 3.8) is 0 Å². The summed E-state index contributed by atoms with van der Waals surface area (Å²) in [6.07, 6.45) is 0. The first-order valence-corrected chi connectivity index (χ1v) is 1.95. The minimum absolute atomic E-state index is 0. The molecule has 0 spiro atoms. The zero-order valence-electron chi connectivity index (χ0n) is 4.89. The van der Waals surface area contributed by atoms with Crippen LogP contribution in [0.3, 0.4) is 0 Å². The van der Waals surface area contributed by atoms with Crippen LogP contribution in [0.1, 0.15) is 2.85 Å². The van der Waals surface area contributed by atoms with Gasteiger partial charge in [0.1, 0.15) is 0 Å². The fraction of sp³-hybridized carbons (Fsp3) is 0. The largest absolute Gasteiger partial charge is 2.00 e. The van der Waals surface area contributed by atoms with Crippen LogP contribution in [0.2, 0.25) is 0 Å². The molecule has 0 aromatic carbocycles. The van der Waals surface area contributed by atoms with Crippen molar-refractivity contribution in [3.05, 3.63) is 0 Å². The second-order valence-electron chi connectivity index (χ2n) is 0.283. The van der Waals surface area contributed by atoms with Gasteiger partial charge >= 0.3 is 32.2 Å². The van der Waals surface area contributed by atoms with Crippen LogP contribution in [-0.2, 0) is 21.5 Å². The maximum Gasteiger partial charge on any atom is 2.00 e. The Morgan fingerprint density at radius 3 is 1.50 bits per heavy atom. The van der Waals surface area contributed by atoms with E-state index in [4.69, 9.17) is 14.1 Å². The summed E-state index contributed by atoms with van der Waals surface area (Å²) in [4.78, 5) is 14.3. The molecular weight excluding hydrogens is 155 g/mol. The average Bonchev–Trinajstić information content (AvgIpc) is 0.811. The van der Waals surface area contributed by atoms with Crippen molar-refractivity contribution >= 4 is 32.2 Å². The van der Waals surface area contributed by atoms with E-state index in [1.165, 1.54) is 0 Å². The van der Waals surface area contributed by atoms with Gasteiger partial charge in [-0.2, -0.15) is 0 Å². The second kappa shape index (κ2) is 9.32. The molecule has 0 heterocycles. The summed E-state index contributed by atoms with van der Waals surface area (Å²) < 4.78 is 8.74. The summed E-state index contributed by atoms with van der Waals surface area (Å²) >= 11 is 0. The van der Waals surface area contributed by atoms with Crippen molar-refractivity contribution in [2.75, 3.05) is 0 Å². The van der Waals surface area contributed by atoms with Crippen molar-refractivity contribution in [3.8, 4) is 0 Å². The van der Waals surface area contributed by atoms with Crippen LogP contribution in [0.15, 0.2) is 0 Å². The Bertz CT molecular complexity index is 40.3. The van der Waals surface area contributed by atoms with E-state index in [1.54, 1.807) is 0 Å². The summed E-state index contributed by atoms with van der Waals surface area (Å²) in [5.74, 6) is 0. The number of hydrogen-bond acceptors (Lipinski definition) is 1. The molecule has 6 heteroatoms. The Kier molecular flexibility index (Phi) is 24.5. The second-order valence-corrected chi connectivity index (χ2v) is 0.848. The van der Waals surface area contributed by atoms with Gasteiger partial charge in [0.2, 0.25) is 0 Å². The summed E-state index contributed by atoms with van der Waals surface area (Å²) in [6, 6.07) is 0. The molecule has 2 N–H and O–H groups in total. The van der Waals surface area contributed by atoms with Crippen LogP contribution in [0.4, 0.5) is 0 Å². The summed E-state index contributed by atoms with van der Waals surface area (Å²) in [5.41, 5.74) is 0. The molecule has 35 valence electrons. The van der Waals surface area contributed by atoms with Crippen LogP contribution in [0.25, 0.3) is 0 Å². The third kappa shape index (κ3) is 91.7. The fourth-order valence-corrected chi connectivity index (χ4v) is 0. The molecule has 3 nitrogen and oxygen atoms in total. The Labute approximate surface area is 66.2 Å². The maximum atomic E-state index is 8.74. The van der Waals surface area contributed by atoms with Crippen LogP contribution >= 0.6 is 0 Å². The molecule has 0 bridgehead atoms. The first-order valence-electron chi connectivity index (χ1n) is 0.651. The molecule has 0 aromatic rings. The van der Waals surface area contributed by atoms with Gasteiger partial charge < -0.3 is 12.4 Å². The van der Waals surface area contributed by atoms with Crippen molar-refractivity contribution in [1.82, 2.24) is 0 Å². The molecule has 0 fully saturated rings. The van der Waals surface area contributed by atoms with Crippen LogP contribution in [0.5, 0.6) is 0 Å². The van der Waals surface area contributed by atoms with Gasteiger partial charge in [-0.05, 0) is 0 Å². The zero-order chi connectivity index (χ0) is 3.58. The minimum Gasteiger partial charge on any atom is -1.00 e. The predicted molar refractivity (Wildman–Crippen MR) is 18.9 cm³/mol. The van der Waals surface area contributed by atoms with E-state index in [0.29, 0.717) is 0 Å². The van der Waals surface area contributed by atoms with Crippen LogP contribution in [-0.4, -0.2) is 41.8 Å². The summed E-state index contributed by atoms with van der Waals surface area (Å²) in [6.45, 7) is 0. The van der Waals surface area contributed by atoms with E-state index in [0.717, 1.165) is 0 Å². The molecule has 1 radical (unpaired) electrons. The Hall–Kier alpha value is 0.903. The quantitative estimate of drug-likeness (QED) is 0.411. The molecule has 0 saturated carbocycles. The smallest absolute Gasteiger partial charge is 1.00 e. The van der Waals surface area contributed by atoms with Gasteiger partial charge in [0.05, 0.1) is 0 Å². The molecule has 0 aromatic heterocycles. The number of rotatable bonds is 0. The predicted octanol–water partition coefficient (Wildman–Crippen LogP) is -1.77. The summed E-state index contributed by atoms with van der Waals surface area (Å²) in [7, 11) is -3.13. The van der Waals surface area contributed by atoms with Crippen LogP contribution in [0, 0.1) is 0 Å². The monoisotopic (exact) mass is 159 g/mol. The average molecular weight is 159 g/mol. The SMILES string of the molecule is O=[Si](O)O.[H-].[H-].[Mg+2].[Mn]. The first kappa shape index (κ1) is 15.8. The van der Waals surface area contributed by atoms with Crippen molar-refractivity contribution in [1.29, 1.82) is 0 Å². The van der Waals surface area contributed by atoms with E-state index >= 15 is 0 Å². The van der Waals surface area contributed by atoms with E-state index in [2.05, 4.69) is 0 Å². The molecule has 0 unspecified atom stereocenters. The number of hydrogen-bond donors (Lipinski definition) is 2. The van der Waals surface area contributed by atoms with Crippen molar-refractivity contribution in [2.45, 2.75) is 0 Å². The van der Waals surface area contributed by atoms with Gasteiger partial charge in [-0.1, -0.05) is 0 Å². The van der Waals surface area contributed by atoms with Gasteiger partial charge in [-0.3, -0.25) is 4.46 Å². The van der Waals surface area contributed by atoms with Crippen LogP contribution < -0.4 is 0 Å². The van der Waals surface area contributed by atoms with E-state index < -0.39 is 9.17 Å². The Morgan fingerprint density at radius 1 is 1.50 bits per heavy atom. The van der Waals surface area contributed by atoms with Gasteiger partial charge in [-0.15, -0.1) is 0 Å². The third-order valence-electron chi connectivity index (χ3n) is 0. The Morgan fingerprint density at radius 2 is 1.50 bits per heavy atom. The molecule has 0 aliphatic heterocycles. The van der Waals surface area contributed by atoms with Crippen molar-refractivity contribution in [2.24, 2.45) is 0 Å². The van der Waals surface area contributed by atoms with Gasteiger partial charge in [0, 0.05) is 17.1 Å². The first-order chi connectivity index (χ1) is 1.73. The van der Waals surface area contributed by atoms with Gasteiger partial charge in [0.15, 0.2) is 0 Å². The normalized spacial score (nSPS) is 4.00. The Balaban J connectivity index is -0.00000000750. The summed E-state index contributed by atoms with van der Waals surface area (Å²) in [5, 5.41) is 0. The minimum atomic E-state index is -3.13.